The van der Waals surface area contributed by atoms with Crippen molar-refractivity contribution in [2.24, 2.45) is 5.92 Å². The minimum absolute atomic E-state index is 0.651. The van der Waals surface area contributed by atoms with E-state index in [1.807, 2.05) is 0 Å². The smallest absolute Gasteiger partial charge is 0.0175 e. The fraction of sp³-hybridized carbons (Fsp3) is 0.571. The molecule has 0 aromatic heterocycles. The average Bonchev–Trinajstić information content (AvgIpc) is 2.32. The number of halogens is 2. The summed E-state index contributed by atoms with van der Waals surface area (Å²) >= 11 is 7.13. The largest absolute Gasteiger partial charge is 0.0921 e. The van der Waals surface area contributed by atoms with Gasteiger partial charge in [-0.25, -0.2) is 0 Å². The first-order valence-electron chi connectivity index (χ1n) is 6.02. The van der Waals surface area contributed by atoms with Crippen LogP contribution in [-0.4, -0.2) is 5.33 Å². The maximum Gasteiger partial charge on any atom is 0.0175 e. The summed E-state index contributed by atoms with van der Waals surface area (Å²) in [5.74, 6) is 1.50. The van der Waals surface area contributed by atoms with Crippen molar-refractivity contribution in [1.82, 2.24) is 0 Å². The molecule has 0 spiro atoms. The van der Waals surface area contributed by atoms with E-state index in [1.54, 1.807) is 0 Å². The Bertz CT molecular complexity index is 288. The van der Waals surface area contributed by atoms with Crippen molar-refractivity contribution in [1.29, 1.82) is 0 Å². The van der Waals surface area contributed by atoms with Gasteiger partial charge in [-0.1, -0.05) is 70.7 Å². The molecule has 0 N–H and O–H groups in total. The molecule has 16 heavy (non-hydrogen) atoms. The van der Waals surface area contributed by atoms with Crippen LogP contribution in [0, 0.1) is 5.92 Å². The molecule has 0 aliphatic heterocycles. The second kappa shape index (κ2) is 7.50. The van der Waals surface area contributed by atoms with Crippen LogP contribution in [0.4, 0.5) is 0 Å². The average molecular weight is 348 g/mol. The van der Waals surface area contributed by atoms with Crippen LogP contribution in [0.2, 0.25) is 0 Å². The third kappa shape index (κ3) is 4.21. The standard InChI is InChI=1S/C14H20Br2/c1-3-11(4-2)9-13(10-15)12-5-7-14(16)8-6-12/h5-8,11,13H,3-4,9-10H2,1-2H3. The Morgan fingerprint density at radius 1 is 1.06 bits per heavy atom. The van der Waals surface area contributed by atoms with E-state index in [2.05, 4.69) is 70.0 Å². The van der Waals surface area contributed by atoms with E-state index in [-0.39, 0.29) is 0 Å². The van der Waals surface area contributed by atoms with Gasteiger partial charge in [0.1, 0.15) is 0 Å². The summed E-state index contributed by atoms with van der Waals surface area (Å²) in [6.45, 7) is 4.59. The molecule has 0 bridgehead atoms. The third-order valence-electron chi connectivity index (χ3n) is 3.30. The molecule has 0 saturated heterocycles. The number of alkyl halides is 1. The van der Waals surface area contributed by atoms with E-state index < -0.39 is 0 Å². The molecule has 0 nitrogen and oxygen atoms in total. The van der Waals surface area contributed by atoms with Crippen molar-refractivity contribution in [3.05, 3.63) is 34.3 Å². The molecule has 0 amide bonds. The molecule has 1 rings (SSSR count). The summed E-state index contributed by atoms with van der Waals surface area (Å²) in [5, 5.41) is 1.06. The first kappa shape index (κ1) is 14.2. The molecule has 1 unspecified atom stereocenters. The van der Waals surface area contributed by atoms with Crippen LogP contribution in [0.5, 0.6) is 0 Å². The zero-order valence-electron chi connectivity index (χ0n) is 10.0. The molecular weight excluding hydrogens is 328 g/mol. The van der Waals surface area contributed by atoms with Gasteiger partial charge in [0.15, 0.2) is 0 Å². The number of benzene rings is 1. The summed E-state index contributed by atoms with van der Waals surface area (Å²) in [4.78, 5) is 0. The van der Waals surface area contributed by atoms with Crippen molar-refractivity contribution < 1.29 is 0 Å². The summed E-state index contributed by atoms with van der Waals surface area (Å²) < 4.78 is 1.16. The molecule has 2 heteroatoms. The van der Waals surface area contributed by atoms with Crippen LogP contribution < -0.4 is 0 Å². The van der Waals surface area contributed by atoms with Crippen molar-refractivity contribution in [3.8, 4) is 0 Å². The monoisotopic (exact) mass is 346 g/mol. The summed E-state index contributed by atoms with van der Waals surface area (Å²) in [7, 11) is 0. The predicted octanol–water partition coefficient (Wildman–Crippen LogP) is 5.75. The normalized spacial score (nSPS) is 13.1. The Balaban J connectivity index is 2.70. The van der Waals surface area contributed by atoms with Crippen molar-refractivity contribution in [3.63, 3.8) is 0 Å². The lowest BCUT2D eigenvalue weighted by molar-refractivity contribution is 0.425. The Morgan fingerprint density at radius 3 is 2.06 bits per heavy atom. The molecule has 0 radical (unpaired) electrons. The second-order valence-electron chi connectivity index (χ2n) is 4.32. The zero-order valence-corrected chi connectivity index (χ0v) is 13.2. The number of rotatable bonds is 6. The van der Waals surface area contributed by atoms with Gasteiger partial charge in [-0.15, -0.1) is 0 Å². The fourth-order valence-electron chi connectivity index (χ4n) is 2.05. The summed E-state index contributed by atoms with van der Waals surface area (Å²) in [5.41, 5.74) is 1.45. The van der Waals surface area contributed by atoms with Gasteiger partial charge in [-0.2, -0.15) is 0 Å². The fourth-order valence-corrected chi connectivity index (χ4v) is 2.95. The lowest BCUT2D eigenvalue weighted by Gasteiger charge is -2.20. The van der Waals surface area contributed by atoms with Gasteiger partial charge in [0.25, 0.3) is 0 Å². The molecule has 0 aliphatic carbocycles. The number of hydrogen-bond donors (Lipinski definition) is 0. The molecule has 0 saturated carbocycles. The van der Waals surface area contributed by atoms with Crippen molar-refractivity contribution >= 4 is 31.9 Å². The molecule has 0 heterocycles. The van der Waals surface area contributed by atoms with E-state index in [4.69, 9.17) is 0 Å². The Morgan fingerprint density at radius 2 is 1.62 bits per heavy atom. The Kier molecular flexibility index (Phi) is 6.67. The molecule has 1 atom stereocenters. The van der Waals surface area contributed by atoms with E-state index in [1.165, 1.54) is 24.8 Å². The van der Waals surface area contributed by atoms with Gasteiger partial charge in [0.05, 0.1) is 0 Å². The lowest BCUT2D eigenvalue weighted by Crippen LogP contribution is -2.07. The maximum absolute atomic E-state index is 3.65. The van der Waals surface area contributed by atoms with Crippen LogP contribution in [0.3, 0.4) is 0 Å². The van der Waals surface area contributed by atoms with Gasteiger partial charge < -0.3 is 0 Å². The zero-order chi connectivity index (χ0) is 12.0. The molecule has 0 fully saturated rings. The predicted molar refractivity (Wildman–Crippen MR) is 79.4 cm³/mol. The van der Waals surface area contributed by atoms with Gasteiger partial charge in [-0.05, 0) is 36.0 Å². The van der Waals surface area contributed by atoms with Crippen LogP contribution >= 0.6 is 31.9 Å². The van der Waals surface area contributed by atoms with E-state index >= 15 is 0 Å². The highest BCUT2D eigenvalue weighted by Gasteiger charge is 2.14. The van der Waals surface area contributed by atoms with Crippen molar-refractivity contribution in [2.45, 2.75) is 39.0 Å². The second-order valence-corrected chi connectivity index (χ2v) is 5.88. The van der Waals surface area contributed by atoms with E-state index in [9.17, 15) is 0 Å². The summed E-state index contributed by atoms with van der Waals surface area (Å²) in [6.07, 6.45) is 3.87. The minimum atomic E-state index is 0.651. The maximum atomic E-state index is 3.65. The highest BCUT2D eigenvalue weighted by Crippen LogP contribution is 2.29. The lowest BCUT2D eigenvalue weighted by atomic mass is 9.87. The van der Waals surface area contributed by atoms with Gasteiger partial charge >= 0.3 is 0 Å². The topological polar surface area (TPSA) is 0 Å². The van der Waals surface area contributed by atoms with E-state index in [0.717, 1.165) is 15.7 Å². The summed E-state index contributed by atoms with van der Waals surface area (Å²) in [6, 6.07) is 8.74. The van der Waals surface area contributed by atoms with Crippen LogP contribution in [0.25, 0.3) is 0 Å². The molecule has 1 aromatic rings. The Hall–Kier alpha value is 0.180. The van der Waals surface area contributed by atoms with Crippen molar-refractivity contribution in [2.75, 3.05) is 5.33 Å². The molecule has 1 aromatic carbocycles. The molecule has 90 valence electrons. The number of hydrogen-bond acceptors (Lipinski definition) is 0. The van der Waals surface area contributed by atoms with Crippen LogP contribution in [0.15, 0.2) is 28.7 Å². The van der Waals surface area contributed by atoms with Crippen LogP contribution in [-0.2, 0) is 0 Å². The first-order valence-corrected chi connectivity index (χ1v) is 7.94. The van der Waals surface area contributed by atoms with Gasteiger partial charge in [-0.3, -0.25) is 0 Å². The quantitative estimate of drug-likeness (QED) is 0.574. The van der Waals surface area contributed by atoms with E-state index in [0.29, 0.717) is 5.92 Å². The minimum Gasteiger partial charge on any atom is -0.0921 e. The highest BCUT2D eigenvalue weighted by molar-refractivity contribution is 9.10. The SMILES string of the molecule is CCC(CC)CC(CBr)c1ccc(Br)cc1. The highest BCUT2D eigenvalue weighted by atomic mass is 79.9. The van der Waals surface area contributed by atoms with Gasteiger partial charge in [0, 0.05) is 9.80 Å². The molecule has 0 aliphatic rings. The van der Waals surface area contributed by atoms with Gasteiger partial charge in [0.2, 0.25) is 0 Å². The third-order valence-corrected chi connectivity index (χ3v) is 4.61. The molecular formula is C14H20Br2. The van der Waals surface area contributed by atoms with Crippen LogP contribution in [0.1, 0.15) is 44.6 Å². The Labute approximate surface area is 116 Å². The first-order chi connectivity index (χ1) is 7.71.